The molecule has 1 fully saturated rings. The van der Waals surface area contributed by atoms with Gasteiger partial charge in [-0.2, -0.15) is 4.98 Å². The van der Waals surface area contributed by atoms with Crippen LogP contribution in [0.4, 0.5) is 4.79 Å². The zero-order valence-corrected chi connectivity index (χ0v) is 17.5. The van der Waals surface area contributed by atoms with E-state index in [2.05, 4.69) is 15.5 Å². The Balaban J connectivity index is 1.32. The minimum Gasteiger partial charge on any atom is -0.350 e. The van der Waals surface area contributed by atoms with Crippen LogP contribution in [0.2, 0.25) is 0 Å². The number of carbonyl (C=O) groups is 3. The summed E-state index contributed by atoms with van der Waals surface area (Å²) in [6.07, 6.45) is 1.71. The molecule has 10 heteroatoms. The summed E-state index contributed by atoms with van der Waals surface area (Å²) in [5.74, 6) is 0.273. The summed E-state index contributed by atoms with van der Waals surface area (Å²) in [5, 5.41) is 8.03. The Labute approximate surface area is 180 Å². The second kappa shape index (κ2) is 8.64. The predicted molar refractivity (Wildman–Crippen MR) is 114 cm³/mol. The van der Waals surface area contributed by atoms with E-state index in [9.17, 15) is 14.4 Å². The van der Waals surface area contributed by atoms with Gasteiger partial charge in [0.1, 0.15) is 0 Å². The Morgan fingerprint density at radius 3 is 2.70 bits per heavy atom. The Bertz CT molecular complexity index is 1120. The molecule has 1 aliphatic rings. The number of aromatic nitrogens is 2. The lowest BCUT2D eigenvalue weighted by atomic mass is 10.1. The highest BCUT2D eigenvalue weighted by Crippen LogP contribution is 2.32. The summed E-state index contributed by atoms with van der Waals surface area (Å²) in [6.45, 7) is 2.00. The molecule has 0 aliphatic carbocycles. The van der Waals surface area contributed by atoms with Gasteiger partial charge in [-0.25, -0.2) is 0 Å². The highest BCUT2D eigenvalue weighted by Gasteiger charge is 2.34. The van der Waals surface area contributed by atoms with E-state index < -0.39 is 0 Å². The monoisotopic (exact) mass is 440 g/mol. The molecule has 0 atom stereocenters. The Morgan fingerprint density at radius 1 is 1.23 bits per heavy atom. The van der Waals surface area contributed by atoms with Gasteiger partial charge in [0.15, 0.2) is 5.82 Å². The maximum absolute atomic E-state index is 12.4. The van der Waals surface area contributed by atoms with Gasteiger partial charge in [-0.3, -0.25) is 19.3 Å². The summed E-state index contributed by atoms with van der Waals surface area (Å²) in [5.41, 5.74) is 1.16. The van der Waals surface area contributed by atoms with E-state index in [0.717, 1.165) is 21.5 Å². The van der Waals surface area contributed by atoms with Crippen LogP contribution in [-0.4, -0.2) is 45.2 Å². The third-order valence-corrected chi connectivity index (χ3v) is 5.96. The average molecular weight is 441 g/mol. The summed E-state index contributed by atoms with van der Waals surface area (Å²) in [7, 11) is 0. The van der Waals surface area contributed by atoms with Crippen molar-refractivity contribution in [3.63, 3.8) is 0 Å². The van der Waals surface area contributed by atoms with Crippen LogP contribution in [0.3, 0.4) is 0 Å². The Hall–Kier alpha value is -3.24. The number of thioether (sulfide) groups is 1. The minimum atomic E-state index is -0.341. The summed E-state index contributed by atoms with van der Waals surface area (Å²) >= 11 is 2.40. The molecule has 0 radical (unpaired) electrons. The number of thiophene rings is 1. The number of nitrogens with zero attached hydrogens (tertiary/aromatic N) is 3. The number of hydrogen-bond acceptors (Lipinski definition) is 8. The molecule has 0 unspecified atom stereocenters. The Morgan fingerprint density at radius 2 is 2.03 bits per heavy atom. The molecule has 1 aromatic carbocycles. The van der Waals surface area contributed by atoms with E-state index in [1.807, 2.05) is 17.5 Å². The molecule has 1 N–H and O–H groups in total. The zero-order chi connectivity index (χ0) is 21.1. The summed E-state index contributed by atoms with van der Waals surface area (Å²) in [6, 6.07) is 10.5. The van der Waals surface area contributed by atoms with Crippen molar-refractivity contribution in [3.05, 3.63) is 62.9 Å². The van der Waals surface area contributed by atoms with Crippen LogP contribution >= 0.6 is 23.1 Å². The van der Waals surface area contributed by atoms with Gasteiger partial charge in [-0.15, -0.1) is 11.3 Å². The molecule has 1 aliphatic heterocycles. The number of carbonyl (C=O) groups excluding carboxylic acids is 3. The van der Waals surface area contributed by atoms with Gasteiger partial charge < -0.3 is 9.84 Å². The van der Waals surface area contributed by atoms with Gasteiger partial charge in [0, 0.05) is 29.1 Å². The van der Waals surface area contributed by atoms with Crippen LogP contribution in [0.25, 0.3) is 17.5 Å². The highest BCUT2D eigenvalue weighted by atomic mass is 32.2. The second-order valence-electron chi connectivity index (χ2n) is 6.33. The normalized spacial score (nSPS) is 15.2. The SMILES string of the molecule is Cc1noc(-c2ccc(C(=O)NCCN3C(=O)SC(=Cc4cccs4)C3=O)cc2)n1. The van der Waals surface area contributed by atoms with Crippen molar-refractivity contribution in [2.75, 3.05) is 13.1 Å². The van der Waals surface area contributed by atoms with E-state index in [1.54, 1.807) is 37.3 Å². The van der Waals surface area contributed by atoms with Gasteiger partial charge in [-0.1, -0.05) is 11.2 Å². The topological polar surface area (TPSA) is 105 Å². The van der Waals surface area contributed by atoms with Gasteiger partial charge in [0.05, 0.1) is 4.91 Å². The number of rotatable bonds is 6. The van der Waals surface area contributed by atoms with E-state index >= 15 is 0 Å². The molecule has 152 valence electrons. The maximum Gasteiger partial charge on any atom is 0.293 e. The van der Waals surface area contributed by atoms with Crippen LogP contribution in [0, 0.1) is 6.92 Å². The van der Waals surface area contributed by atoms with Crippen LogP contribution in [0.5, 0.6) is 0 Å². The first-order chi connectivity index (χ1) is 14.5. The molecule has 0 saturated carbocycles. The van der Waals surface area contributed by atoms with Crippen molar-refractivity contribution in [2.24, 2.45) is 0 Å². The van der Waals surface area contributed by atoms with E-state index in [1.165, 1.54) is 11.3 Å². The summed E-state index contributed by atoms with van der Waals surface area (Å²) < 4.78 is 5.10. The Kier molecular flexibility index (Phi) is 5.77. The fourth-order valence-corrected chi connectivity index (χ4v) is 4.34. The van der Waals surface area contributed by atoms with Crippen molar-refractivity contribution >= 4 is 46.2 Å². The smallest absolute Gasteiger partial charge is 0.293 e. The average Bonchev–Trinajstić information content (AvgIpc) is 3.46. The van der Waals surface area contributed by atoms with Crippen molar-refractivity contribution in [3.8, 4) is 11.5 Å². The zero-order valence-electron chi connectivity index (χ0n) is 15.8. The third-order valence-electron chi connectivity index (χ3n) is 4.23. The number of nitrogens with one attached hydrogen (secondary N) is 1. The van der Waals surface area contributed by atoms with Crippen LogP contribution in [0.15, 0.2) is 51.2 Å². The standard InChI is InChI=1S/C20H16N4O4S2/c1-12-22-18(28-23-12)14-6-4-13(5-7-14)17(25)21-8-9-24-19(26)16(30-20(24)27)11-15-3-2-10-29-15/h2-7,10-11H,8-9H2,1H3,(H,21,25). The van der Waals surface area contributed by atoms with Crippen LogP contribution in [0.1, 0.15) is 21.1 Å². The van der Waals surface area contributed by atoms with E-state index in [4.69, 9.17) is 4.52 Å². The first kappa shape index (κ1) is 20.0. The van der Waals surface area contributed by atoms with E-state index in [0.29, 0.717) is 27.7 Å². The van der Waals surface area contributed by atoms with Gasteiger partial charge in [0.2, 0.25) is 0 Å². The van der Waals surface area contributed by atoms with Crippen LogP contribution in [-0.2, 0) is 4.79 Å². The molecular formula is C20H16N4O4S2. The van der Waals surface area contributed by atoms with Crippen molar-refractivity contribution < 1.29 is 18.9 Å². The first-order valence-corrected chi connectivity index (χ1v) is 10.7. The van der Waals surface area contributed by atoms with Crippen molar-refractivity contribution in [1.82, 2.24) is 20.4 Å². The highest BCUT2D eigenvalue weighted by molar-refractivity contribution is 8.18. The molecular weight excluding hydrogens is 424 g/mol. The fraction of sp³-hybridized carbons (Fsp3) is 0.150. The molecule has 4 rings (SSSR count). The molecule has 0 spiro atoms. The number of benzene rings is 1. The molecule has 0 bridgehead atoms. The molecule has 8 nitrogen and oxygen atoms in total. The van der Waals surface area contributed by atoms with Gasteiger partial charge in [0.25, 0.3) is 22.9 Å². The predicted octanol–water partition coefficient (Wildman–Crippen LogP) is 3.57. The largest absolute Gasteiger partial charge is 0.350 e. The molecule has 3 amide bonds. The lowest BCUT2D eigenvalue weighted by Gasteiger charge is -2.13. The quantitative estimate of drug-likeness (QED) is 0.584. The second-order valence-corrected chi connectivity index (χ2v) is 8.30. The molecule has 2 aromatic heterocycles. The maximum atomic E-state index is 12.4. The van der Waals surface area contributed by atoms with E-state index in [-0.39, 0.29) is 30.1 Å². The lowest BCUT2D eigenvalue weighted by Crippen LogP contribution is -2.37. The number of hydrogen-bond donors (Lipinski definition) is 1. The van der Waals surface area contributed by atoms with Gasteiger partial charge in [-0.05, 0) is 60.5 Å². The molecule has 1 saturated heterocycles. The number of amides is 3. The third kappa shape index (κ3) is 4.34. The molecule has 30 heavy (non-hydrogen) atoms. The minimum absolute atomic E-state index is 0.109. The fourth-order valence-electron chi connectivity index (χ4n) is 2.76. The van der Waals surface area contributed by atoms with Crippen LogP contribution < -0.4 is 5.32 Å². The first-order valence-electron chi connectivity index (χ1n) is 8.99. The summed E-state index contributed by atoms with van der Waals surface area (Å²) in [4.78, 5) is 43.5. The lowest BCUT2D eigenvalue weighted by molar-refractivity contribution is -0.122. The van der Waals surface area contributed by atoms with Gasteiger partial charge >= 0.3 is 0 Å². The number of aryl methyl sites for hydroxylation is 1. The van der Waals surface area contributed by atoms with Crippen molar-refractivity contribution in [1.29, 1.82) is 0 Å². The van der Waals surface area contributed by atoms with Crippen molar-refractivity contribution in [2.45, 2.75) is 6.92 Å². The molecule has 3 heterocycles. The number of imide groups is 1. The molecule has 3 aromatic rings.